The number of ether oxygens (including phenoxy) is 2. The zero-order chi connectivity index (χ0) is 25.9. The second-order valence-electron chi connectivity index (χ2n) is 9.31. The molecule has 10 nitrogen and oxygen atoms in total. The zero-order valence-corrected chi connectivity index (χ0v) is 22.1. The molecule has 1 aliphatic carbocycles. The Morgan fingerprint density at radius 2 is 1.61 bits per heavy atom. The second kappa shape index (κ2) is 11.0. The van der Waals surface area contributed by atoms with Gasteiger partial charge in [0.25, 0.3) is 0 Å². The van der Waals surface area contributed by atoms with Crippen molar-refractivity contribution in [3.63, 3.8) is 0 Å². The van der Waals surface area contributed by atoms with Crippen LogP contribution in [0.4, 0.5) is 5.95 Å². The van der Waals surface area contributed by atoms with Gasteiger partial charge in [0.05, 0.1) is 23.5 Å². The number of hydrogen-bond donors (Lipinski definition) is 1. The molecule has 1 unspecified atom stereocenters. The van der Waals surface area contributed by atoms with Crippen molar-refractivity contribution in [2.45, 2.75) is 69.5 Å². The van der Waals surface area contributed by atoms with E-state index < -0.39 is 21.2 Å². The first-order chi connectivity index (χ1) is 17.3. The Labute approximate surface area is 212 Å². The predicted octanol–water partition coefficient (Wildman–Crippen LogP) is 3.73. The minimum atomic E-state index is -3.88. The van der Waals surface area contributed by atoms with Crippen LogP contribution in [0, 0.1) is 6.92 Å². The van der Waals surface area contributed by atoms with Gasteiger partial charge in [0.15, 0.2) is 5.82 Å². The molecule has 5 atom stereocenters. The van der Waals surface area contributed by atoms with Crippen LogP contribution in [0.2, 0.25) is 0 Å². The molecule has 0 amide bonds. The molecule has 1 fully saturated rings. The maximum Gasteiger partial charge on any atom is 0.239 e. The van der Waals surface area contributed by atoms with Gasteiger partial charge in [-0.1, -0.05) is 37.3 Å². The molecule has 0 aliphatic heterocycles. The van der Waals surface area contributed by atoms with Crippen LogP contribution in [0.5, 0.6) is 0 Å². The fraction of sp³-hybridized carbons (Fsp3) is 0.520. The van der Waals surface area contributed by atoms with E-state index in [1.54, 1.807) is 40.5 Å². The maximum absolute atomic E-state index is 13.6. The number of methoxy groups -OCH3 is 2. The summed E-state index contributed by atoms with van der Waals surface area (Å²) in [6, 6.07) is 9.26. The molecular formula is C25H34N6O4S. The van der Waals surface area contributed by atoms with Crippen molar-refractivity contribution in [2.75, 3.05) is 18.9 Å². The Balaban J connectivity index is 1.74. The molecule has 2 heterocycles. The zero-order valence-electron chi connectivity index (χ0n) is 21.3. The quantitative estimate of drug-likeness (QED) is 0.458. The summed E-state index contributed by atoms with van der Waals surface area (Å²) >= 11 is 0. The van der Waals surface area contributed by atoms with Gasteiger partial charge in [-0.3, -0.25) is 9.29 Å². The van der Waals surface area contributed by atoms with Crippen LogP contribution in [-0.2, 0) is 19.5 Å². The fourth-order valence-electron chi connectivity index (χ4n) is 4.71. The molecule has 1 saturated carbocycles. The smallest absolute Gasteiger partial charge is 0.239 e. The van der Waals surface area contributed by atoms with E-state index in [-0.39, 0.29) is 24.2 Å². The first-order valence-corrected chi connectivity index (χ1v) is 13.7. The number of nitrogens with zero attached hydrogens (tertiary/aromatic N) is 5. The van der Waals surface area contributed by atoms with Gasteiger partial charge in [-0.25, -0.2) is 18.4 Å². The highest BCUT2D eigenvalue weighted by atomic mass is 32.2. The third kappa shape index (κ3) is 5.28. The molecule has 0 saturated heterocycles. The lowest BCUT2D eigenvalue weighted by Gasteiger charge is -2.38. The summed E-state index contributed by atoms with van der Waals surface area (Å²) in [5, 5.41) is 7.88. The molecule has 1 aromatic carbocycles. The topological polar surface area (TPSA) is 121 Å². The van der Waals surface area contributed by atoms with E-state index in [0.29, 0.717) is 11.6 Å². The standard InChI is InChI=1S/C25H34N6O4S/c1-16-14-26-23(27-15-16)17(2)18(3)36(32,33)30-25-29-28-24(19-10-7-6-8-11-19)31(25)22-20(34-4)12-9-13-21(22)35-5/h6-8,10-11,14-15,17-18,20-22H,9,12-13H2,1-5H3,(H,29,30)/t17-,18-,20-,21+,22?/m0/s1. The Hall–Kier alpha value is -2.89. The van der Waals surface area contributed by atoms with Gasteiger partial charge in [0, 0.05) is 38.1 Å². The van der Waals surface area contributed by atoms with E-state index in [0.717, 1.165) is 30.4 Å². The van der Waals surface area contributed by atoms with Crippen molar-refractivity contribution >= 4 is 16.0 Å². The molecule has 36 heavy (non-hydrogen) atoms. The number of aryl methyl sites for hydroxylation is 1. The molecule has 4 rings (SSSR count). The van der Waals surface area contributed by atoms with Crippen molar-refractivity contribution in [1.82, 2.24) is 24.7 Å². The Morgan fingerprint density at radius 1 is 1.00 bits per heavy atom. The third-order valence-corrected chi connectivity index (χ3v) is 8.86. The van der Waals surface area contributed by atoms with E-state index >= 15 is 0 Å². The summed E-state index contributed by atoms with van der Waals surface area (Å²) in [5.41, 5.74) is 1.73. The van der Waals surface area contributed by atoms with Gasteiger partial charge in [-0.15, -0.1) is 10.2 Å². The minimum Gasteiger partial charge on any atom is -0.379 e. The van der Waals surface area contributed by atoms with Crippen LogP contribution in [-0.4, -0.2) is 64.8 Å². The number of anilines is 1. The highest BCUT2D eigenvalue weighted by Gasteiger charge is 2.40. The lowest BCUT2D eigenvalue weighted by Crippen LogP contribution is -2.41. The second-order valence-corrected chi connectivity index (χ2v) is 11.4. The van der Waals surface area contributed by atoms with Gasteiger partial charge < -0.3 is 9.47 Å². The number of hydrogen-bond acceptors (Lipinski definition) is 8. The molecule has 0 bridgehead atoms. The maximum atomic E-state index is 13.6. The molecule has 3 aromatic rings. The van der Waals surface area contributed by atoms with Crippen LogP contribution in [0.1, 0.15) is 56.5 Å². The van der Waals surface area contributed by atoms with Crippen molar-refractivity contribution in [1.29, 1.82) is 0 Å². The number of sulfonamides is 1. The summed E-state index contributed by atoms with van der Waals surface area (Å²) in [4.78, 5) is 8.65. The third-order valence-electron chi connectivity index (χ3n) is 7.01. The van der Waals surface area contributed by atoms with E-state index in [1.165, 1.54) is 0 Å². The predicted molar refractivity (Wildman–Crippen MR) is 137 cm³/mol. The molecule has 194 valence electrons. The molecule has 1 aliphatic rings. The van der Waals surface area contributed by atoms with Gasteiger partial charge in [0.2, 0.25) is 16.0 Å². The van der Waals surface area contributed by atoms with Crippen molar-refractivity contribution in [2.24, 2.45) is 0 Å². The SMILES string of the molecule is CO[C@H]1CCC[C@@H](OC)C1n1c(NS(=O)(=O)[C@@H](C)[C@H](C)c2ncc(C)cn2)nnc1-c1ccccc1. The summed E-state index contributed by atoms with van der Waals surface area (Å²) in [7, 11) is -0.556. The monoisotopic (exact) mass is 514 g/mol. The van der Waals surface area contributed by atoms with Gasteiger partial charge in [0.1, 0.15) is 5.82 Å². The van der Waals surface area contributed by atoms with Gasteiger partial charge in [-0.05, 0) is 38.7 Å². The molecule has 2 aromatic heterocycles. The number of aromatic nitrogens is 5. The Kier molecular flexibility index (Phi) is 8.01. The molecule has 11 heteroatoms. The Morgan fingerprint density at radius 3 is 2.19 bits per heavy atom. The number of benzene rings is 1. The lowest BCUT2D eigenvalue weighted by atomic mass is 9.89. The van der Waals surface area contributed by atoms with Gasteiger partial charge >= 0.3 is 0 Å². The molecule has 1 N–H and O–H groups in total. The summed E-state index contributed by atoms with van der Waals surface area (Å²) in [6.45, 7) is 5.34. The first-order valence-electron chi connectivity index (χ1n) is 12.1. The Bertz CT molecular complexity index is 1240. The highest BCUT2D eigenvalue weighted by molar-refractivity contribution is 7.93. The highest BCUT2D eigenvalue weighted by Crippen LogP contribution is 2.38. The van der Waals surface area contributed by atoms with Crippen LogP contribution in [0.25, 0.3) is 11.4 Å². The average Bonchev–Trinajstić information content (AvgIpc) is 3.30. The largest absolute Gasteiger partial charge is 0.379 e. The summed E-state index contributed by atoms with van der Waals surface area (Å²) in [5.74, 6) is 0.706. The van der Waals surface area contributed by atoms with Crippen LogP contribution in [0.3, 0.4) is 0 Å². The minimum absolute atomic E-state index is 0.133. The fourth-order valence-corrected chi connectivity index (χ4v) is 5.95. The molecule has 0 spiro atoms. The molecular weight excluding hydrogens is 480 g/mol. The first kappa shape index (κ1) is 26.2. The lowest BCUT2D eigenvalue weighted by molar-refractivity contribution is -0.0547. The number of nitrogens with one attached hydrogen (secondary N) is 1. The summed E-state index contributed by atoms with van der Waals surface area (Å²) < 4.78 is 43.3. The summed E-state index contributed by atoms with van der Waals surface area (Å²) in [6.07, 6.45) is 5.57. The van der Waals surface area contributed by atoms with Crippen LogP contribution < -0.4 is 4.72 Å². The van der Waals surface area contributed by atoms with E-state index in [9.17, 15) is 8.42 Å². The van der Waals surface area contributed by atoms with E-state index in [4.69, 9.17) is 9.47 Å². The van der Waals surface area contributed by atoms with Crippen molar-refractivity contribution in [3.8, 4) is 11.4 Å². The van der Waals surface area contributed by atoms with Gasteiger partial charge in [-0.2, -0.15) is 0 Å². The van der Waals surface area contributed by atoms with E-state index in [2.05, 4.69) is 24.9 Å². The van der Waals surface area contributed by atoms with Crippen LogP contribution in [0.15, 0.2) is 42.7 Å². The van der Waals surface area contributed by atoms with Crippen LogP contribution >= 0.6 is 0 Å². The average molecular weight is 515 g/mol. The van der Waals surface area contributed by atoms with E-state index in [1.807, 2.05) is 41.8 Å². The number of rotatable bonds is 9. The van der Waals surface area contributed by atoms with Crippen molar-refractivity contribution in [3.05, 3.63) is 54.1 Å². The molecule has 0 radical (unpaired) electrons. The normalized spacial score (nSPS) is 22.2. The van der Waals surface area contributed by atoms with Crippen molar-refractivity contribution < 1.29 is 17.9 Å².